The Morgan fingerprint density at radius 2 is 1.82 bits per heavy atom. The molecule has 2 N–H and O–H groups in total. The summed E-state index contributed by atoms with van der Waals surface area (Å²) >= 11 is 0. The van der Waals surface area contributed by atoms with E-state index in [9.17, 15) is 9.18 Å². The normalized spacial score (nSPS) is 18.1. The number of benzene rings is 1. The third kappa shape index (κ3) is 4.36. The molecule has 2 rings (SSSR count). The van der Waals surface area contributed by atoms with Crippen molar-refractivity contribution in [2.24, 2.45) is 5.92 Å². The highest BCUT2D eigenvalue weighted by molar-refractivity contribution is 5.68. The van der Waals surface area contributed by atoms with Crippen LogP contribution in [0.4, 0.5) is 14.9 Å². The van der Waals surface area contributed by atoms with Crippen molar-refractivity contribution in [3.63, 3.8) is 0 Å². The van der Waals surface area contributed by atoms with Crippen LogP contribution in [0.25, 0.3) is 0 Å². The fourth-order valence-corrected chi connectivity index (χ4v) is 2.65. The molecule has 1 aliphatic heterocycles. The highest BCUT2D eigenvalue weighted by atomic mass is 19.1. The molecule has 1 aromatic rings. The fourth-order valence-electron chi connectivity index (χ4n) is 2.65. The van der Waals surface area contributed by atoms with E-state index in [0.717, 1.165) is 0 Å². The minimum atomic E-state index is -1.01. The minimum Gasteiger partial charge on any atom is -0.444 e. The van der Waals surface area contributed by atoms with Crippen molar-refractivity contribution in [3.8, 4) is 0 Å². The van der Waals surface area contributed by atoms with Gasteiger partial charge in [-0.3, -0.25) is 0 Å². The third-order valence-corrected chi connectivity index (χ3v) is 3.86. The van der Waals surface area contributed by atoms with Crippen molar-refractivity contribution in [3.05, 3.63) is 29.8 Å². The lowest BCUT2D eigenvalue weighted by Crippen LogP contribution is -2.42. The lowest BCUT2D eigenvalue weighted by molar-refractivity contribution is 0.0144. The molecule has 1 heterocycles. The van der Waals surface area contributed by atoms with E-state index in [4.69, 9.17) is 10.5 Å². The Bertz CT molecular complexity index is 502. The number of amides is 1. The van der Waals surface area contributed by atoms with Gasteiger partial charge in [-0.1, -0.05) is 12.1 Å². The first-order valence-electron chi connectivity index (χ1n) is 7.74. The summed E-state index contributed by atoms with van der Waals surface area (Å²) in [6.07, 6.45) is -0.0366. The molecular weight excluding hydrogens is 283 g/mol. The maximum Gasteiger partial charge on any atom is 0.410 e. The number of piperidine rings is 1. The van der Waals surface area contributed by atoms with Crippen LogP contribution in [-0.4, -0.2) is 29.7 Å². The average molecular weight is 308 g/mol. The molecule has 1 amide bonds. The molecule has 122 valence electrons. The van der Waals surface area contributed by atoms with Crippen LogP contribution < -0.4 is 5.73 Å². The zero-order chi connectivity index (χ0) is 16.3. The molecular formula is C17H25FN2O2. The Balaban J connectivity index is 1.89. The molecule has 1 unspecified atom stereocenters. The van der Waals surface area contributed by atoms with Gasteiger partial charge in [0, 0.05) is 18.8 Å². The molecule has 0 bridgehead atoms. The summed E-state index contributed by atoms with van der Waals surface area (Å²) in [6, 6.07) is 6.91. The summed E-state index contributed by atoms with van der Waals surface area (Å²) in [5.74, 6) is -0.0673. The zero-order valence-electron chi connectivity index (χ0n) is 13.5. The van der Waals surface area contributed by atoms with Crippen molar-refractivity contribution < 1.29 is 13.9 Å². The summed E-state index contributed by atoms with van der Waals surface area (Å²) in [6.45, 7) is 6.60. The van der Waals surface area contributed by atoms with Crippen molar-refractivity contribution in [1.82, 2.24) is 4.90 Å². The molecule has 1 atom stereocenters. The molecule has 1 fully saturated rings. The number of halogens is 1. The second-order valence-electron chi connectivity index (χ2n) is 6.87. The number of nitrogen functional groups attached to an aromatic ring is 1. The quantitative estimate of drug-likeness (QED) is 0.842. The van der Waals surface area contributed by atoms with Crippen LogP contribution in [0.2, 0.25) is 0 Å². The Hall–Kier alpha value is -1.78. The topological polar surface area (TPSA) is 55.6 Å². The third-order valence-electron chi connectivity index (χ3n) is 3.86. The molecule has 1 saturated heterocycles. The summed E-state index contributed by atoms with van der Waals surface area (Å²) in [4.78, 5) is 13.7. The van der Waals surface area contributed by atoms with Crippen molar-refractivity contribution in [2.45, 2.75) is 45.4 Å². The number of carbonyl (C=O) groups is 1. The Morgan fingerprint density at radius 1 is 1.27 bits per heavy atom. The van der Waals surface area contributed by atoms with Gasteiger partial charge in [-0.2, -0.15) is 0 Å². The zero-order valence-corrected chi connectivity index (χ0v) is 13.5. The SMILES string of the molecule is CC(C)(C)OC(=O)N1CCC(C(F)c2ccc(N)cc2)CC1. The number of anilines is 1. The standard InChI is InChI=1S/C17H25FN2O2/c1-17(2,3)22-16(21)20-10-8-13(9-11-20)15(18)12-4-6-14(19)7-5-12/h4-7,13,15H,8-11,19H2,1-3H3. The van der Waals surface area contributed by atoms with Crippen LogP contribution in [0, 0.1) is 5.92 Å². The van der Waals surface area contributed by atoms with E-state index < -0.39 is 11.8 Å². The number of nitrogens with zero attached hydrogens (tertiary/aromatic N) is 1. The van der Waals surface area contributed by atoms with E-state index in [2.05, 4.69) is 0 Å². The molecule has 0 radical (unpaired) electrons. The number of rotatable bonds is 2. The molecule has 1 aromatic carbocycles. The van der Waals surface area contributed by atoms with Crippen molar-refractivity contribution in [2.75, 3.05) is 18.8 Å². The summed E-state index contributed by atoms with van der Waals surface area (Å²) in [7, 11) is 0. The first-order valence-corrected chi connectivity index (χ1v) is 7.74. The summed E-state index contributed by atoms with van der Waals surface area (Å²) in [5, 5.41) is 0. The molecule has 4 nitrogen and oxygen atoms in total. The summed E-state index contributed by atoms with van der Waals surface area (Å²) < 4.78 is 19.9. The van der Waals surface area contributed by atoms with Gasteiger partial charge in [0.2, 0.25) is 0 Å². The Morgan fingerprint density at radius 3 is 2.32 bits per heavy atom. The Labute approximate surface area is 131 Å². The van der Waals surface area contributed by atoms with E-state index in [1.807, 2.05) is 20.8 Å². The largest absolute Gasteiger partial charge is 0.444 e. The molecule has 0 saturated carbocycles. The van der Waals surface area contributed by atoms with E-state index in [-0.39, 0.29) is 12.0 Å². The fraction of sp³-hybridized carbons (Fsp3) is 0.588. The molecule has 22 heavy (non-hydrogen) atoms. The van der Waals surface area contributed by atoms with Crippen molar-refractivity contribution >= 4 is 11.8 Å². The number of alkyl halides is 1. The van der Waals surface area contributed by atoms with Crippen LogP contribution in [0.5, 0.6) is 0 Å². The highest BCUT2D eigenvalue weighted by Gasteiger charge is 2.31. The molecule has 0 spiro atoms. The maximum atomic E-state index is 14.6. The number of hydrogen-bond donors (Lipinski definition) is 1. The number of carbonyl (C=O) groups excluding carboxylic acids is 1. The number of likely N-dealkylation sites (tertiary alicyclic amines) is 1. The second kappa shape index (κ2) is 6.55. The van der Waals surface area contributed by atoms with Gasteiger partial charge in [0.15, 0.2) is 0 Å². The van der Waals surface area contributed by atoms with Crippen molar-refractivity contribution in [1.29, 1.82) is 0 Å². The lowest BCUT2D eigenvalue weighted by atomic mass is 9.88. The number of hydrogen-bond acceptors (Lipinski definition) is 3. The van der Waals surface area contributed by atoms with Crippen LogP contribution in [0.15, 0.2) is 24.3 Å². The first kappa shape index (κ1) is 16.6. The summed E-state index contributed by atoms with van der Waals surface area (Å²) in [5.41, 5.74) is 6.42. The second-order valence-corrected chi connectivity index (χ2v) is 6.87. The van der Waals surface area contributed by atoms with Crippen LogP contribution in [0.3, 0.4) is 0 Å². The van der Waals surface area contributed by atoms with Gasteiger partial charge >= 0.3 is 6.09 Å². The number of ether oxygens (including phenoxy) is 1. The predicted molar refractivity (Wildman–Crippen MR) is 85.2 cm³/mol. The lowest BCUT2D eigenvalue weighted by Gasteiger charge is -2.34. The van der Waals surface area contributed by atoms with E-state index in [0.29, 0.717) is 37.2 Å². The monoisotopic (exact) mass is 308 g/mol. The van der Waals surface area contributed by atoms with Crippen LogP contribution in [0.1, 0.15) is 45.3 Å². The Kier molecular flexibility index (Phi) is 4.94. The van der Waals surface area contributed by atoms with Gasteiger partial charge in [-0.05, 0) is 57.2 Å². The maximum absolute atomic E-state index is 14.6. The minimum absolute atomic E-state index is 0.0673. The molecule has 1 aliphatic rings. The van der Waals surface area contributed by atoms with Gasteiger partial charge in [-0.15, -0.1) is 0 Å². The molecule has 5 heteroatoms. The molecule has 0 aromatic heterocycles. The van der Waals surface area contributed by atoms with Crippen LogP contribution in [-0.2, 0) is 4.74 Å². The average Bonchev–Trinajstić information content (AvgIpc) is 2.46. The highest BCUT2D eigenvalue weighted by Crippen LogP contribution is 2.34. The van der Waals surface area contributed by atoms with E-state index in [1.54, 1.807) is 29.2 Å². The van der Waals surface area contributed by atoms with Crippen LogP contribution >= 0.6 is 0 Å². The molecule has 0 aliphatic carbocycles. The van der Waals surface area contributed by atoms with Gasteiger partial charge in [-0.25, -0.2) is 9.18 Å². The smallest absolute Gasteiger partial charge is 0.410 e. The van der Waals surface area contributed by atoms with Gasteiger partial charge in [0.25, 0.3) is 0 Å². The van der Waals surface area contributed by atoms with Gasteiger partial charge in [0.1, 0.15) is 11.8 Å². The predicted octanol–water partition coefficient (Wildman–Crippen LogP) is 3.93. The van der Waals surface area contributed by atoms with Gasteiger partial charge in [0.05, 0.1) is 0 Å². The van der Waals surface area contributed by atoms with E-state index in [1.165, 1.54) is 0 Å². The van der Waals surface area contributed by atoms with E-state index >= 15 is 0 Å². The van der Waals surface area contributed by atoms with Gasteiger partial charge < -0.3 is 15.4 Å². The number of nitrogens with two attached hydrogens (primary N) is 1. The first-order chi connectivity index (χ1) is 10.3.